The quantitative estimate of drug-likeness (QED) is 0.223. The number of ether oxygens (including phenoxy) is 8. The van der Waals surface area contributed by atoms with Crippen LogP contribution in [0.15, 0.2) is 30.3 Å². The van der Waals surface area contributed by atoms with Gasteiger partial charge in [0.25, 0.3) is 0 Å². The monoisotopic (exact) mass is 448 g/mol. The minimum Gasteiger partial charge on any atom is -0.491 e. The Balaban J connectivity index is 1.65. The summed E-state index contributed by atoms with van der Waals surface area (Å²) in [6, 6.07) is 9.65. The Labute approximate surface area is 184 Å². The maximum Gasteiger partial charge on any atom is 0.119 e. The number of alkyl halides is 1. The van der Waals surface area contributed by atoms with Gasteiger partial charge in [-0.15, -0.1) is 0 Å². The molecule has 0 heterocycles. The van der Waals surface area contributed by atoms with Crippen LogP contribution in [-0.2, 0) is 33.2 Å². The lowest BCUT2D eigenvalue weighted by molar-refractivity contribution is -0.0214. The van der Waals surface area contributed by atoms with Crippen LogP contribution >= 0.6 is 0 Å². The standard InChI is InChI=1S/C22H37FO8/c23-6-7-24-8-9-25-10-11-26-12-13-27-14-15-28-16-17-29-18-19-30-20-21-31-22-4-2-1-3-5-22/h1-5H,6-21H2. The first-order chi connectivity index (χ1) is 15.4. The minimum absolute atomic E-state index is 0.120. The highest BCUT2D eigenvalue weighted by Crippen LogP contribution is 2.07. The molecule has 31 heavy (non-hydrogen) atoms. The summed E-state index contributed by atoms with van der Waals surface area (Å²) in [7, 11) is 0. The Kier molecular flexibility index (Phi) is 20.9. The van der Waals surface area contributed by atoms with Gasteiger partial charge in [-0.2, -0.15) is 0 Å². The van der Waals surface area contributed by atoms with E-state index in [1.165, 1.54) is 0 Å². The molecule has 0 bridgehead atoms. The molecule has 0 spiro atoms. The summed E-state index contributed by atoms with van der Waals surface area (Å²) in [5.41, 5.74) is 0. The lowest BCUT2D eigenvalue weighted by Gasteiger charge is -2.09. The minimum atomic E-state index is -0.468. The lowest BCUT2D eigenvalue weighted by Crippen LogP contribution is -2.15. The van der Waals surface area contributed by atoms with Crippen LogP contribution in [0, 0.1) is 0 Å². The van der Waals surface area contributed by atoms with Crippen molar-refractivity contribution in [1.29, 1.82) is 0 Å². The predicted octanol–water partition coefficient (Wildman–Crippen LogP) is 2.15. The van der Waals surface area contributed by atoms with Crippen molar-refractivity contribution in [1.82, 2.24) is 0 Å². The molecule has 0 N–H and O–H groups in total. The van der Waals surface area contributed by atoms with E-state index in [1.807, 2.05) is 30.3 Å². The number of benzene rings is 1. The number of hydrogen-bond acceptors (Lipinski definition) is 8. The van der Waals surface area contributed by atoms with Crippen LogP contribution in [0.1, 0.15) is 0 Å². The van der Waals surface area contributed by atoms with E-state index in [0.717, 1.165) is 5.75 Å². The SMILES string of the molecule is FCCOCCOCCOCCOCCOCCOCCOCCOc1ccccc1. The second-order valence-corrected chi connectivity index (χ2v) is 6.14. The van der Waals surface area contributed by atoms with Crippen LogP contribution in [-0.4, -0.2) is 106 Å². The molecule has 0 saturated heterocycles. The molecule has 0 amide bonds. The molecular formula is C22H37FO8. The third-order valence-corrected chi connectivity index (χ3v) is 3.69. The highest BCUT2D eigenvalue weighted by molar-refractivity contribution is 5.20. The summed E-state index contributed by atoms with van der Waals surface area (Å²) < 4.78 is 54.5. The third kappa shape index (κ3) is 20.3. The van der Waals surface area contributed by atoms with Gasteiger partial charge in [0.05, 0.1) is 92.5 Å². The number of hydrogen-bond donors (Lipinski definition) is 0. The fourth-order valence-corrected chi connectivity index (χ4v) is 2.21. The van der Waals surface area contributed by atoms with Gasteiger partial charge in [-0.3, -0.25) is 0 Å². The molecule has 8 nitrogen and oxygen atoms in total. The molecule has 0 unspecified atom stereocenters. The van der Waals surface area contributed by atoms with Crippen molar-refractivity contribution in [3.05, 3.63) is 30.3 Å². The van der Waals surface area contributed by atoms with E-state index in [2.05, 4.69) is 0 Å². The molecule has 1 rings (SSSR count). The van der Waals surface area contributed by atoms with E-state index in [9.17, 15) is 4.39 Å². The van der Waals surface area contributed by atoms with Gasteiger partial charge in [0.1, 0.15) is 19.0 Å². The second kappa shape index (κ2) is 23.3. The number of para-hydroxylation sites is 1. The summed E-state index contributed by atoms with van der Waals surface area (Å²) in [6.45, 7) is 6.63. The first-order valence-electron chi connectivity index (χ1n) is 10.7. The van der Waals surface area contributed by atoms with Crippen LogP contribution in [0.5, 0.6) is 5.75 Å². The van der Waals surface area contributed by atoms with Gasteiger partial charge in [0, 0.05) is 0 Å². The van der Waals surface area contributed by atoms with Crippen LogP contribution < -0.4 is 4.74 Å². The molecule has 0 aliphatic rings. The highest BCUT2D eigenvalue weighted by atomic mass is 19.1. The zero-order chi connectivity index (χ0) is 22.1. The maximum absolute atomic E-state index is 11.8. The summed E-state index contributed by atoms with van der Waals surface area (Å²) in [5, 5.41) is 0. The van der Waals surface area contributed by atoms with Crippen molar-refractivity contribution in [3.8, 4) is 5.75 Å². The largest absolute Gasteiger partial charge is 0.491 e. The maximum atomic E-state index is 11.8. The van der Waals surface area contributed by atoms with Gasteiger partial charge in [-0.1, -0.05) is 18.2 Å². The molecule has 0 saturated carbocycles. The average molecular weight is 449 g/mol. The van der Waals surface area contributed by atoms with Gasteiger partial charge in [-0.05, 0) is 12.1 Å². The third-order valence-electron chi connectivity index (χ3n) is 3.69. The van der Waals surface area contributed by atoms with E-state index in [1.54, 1.807) is 0 Å². The zero-order valence-electron chi connectivity index (χ0n) is 18.3. The van der Waals surface area contributed by atoms with Crippen LogP contribution in [0.4, 0.5) is 4.39 Å². The fraction of sp³-hybridized carbons (Fsp3) is 0.727. The summed E-state index contributed by atoms with van der Waals surface area (Å²) >= 11 is 0. The molecule has 180 valence electrons. The topological polar surface area (TPSA) is 73.8 Å². The predicted molar refractivity (Wildman–Crippen MR) is 114 cm³/mol. The van der Waals surface area contributed by atoms with Gasteiger partial charge in [0.15, 0.2) is 0 Å². The first-order valence-corrected chi connectivity index (χ1v) is 10.7. The normalized spacial score (nSPS) is 11.1. The summed E-state index contributed by atoms with van der Waals surface area (Å²) in [4.78, 5) is 0. The van der Waals surface area contributed by atoms with E-state index < -0.39 is 6.67 Å². The Morgan fingerprint density at radius 1 is 0.419 bits per heavy atom. The number of halogens is 1. The summed E-state index contributed by atoms with van der Waals surface area (Å²) in [5.74, 6) is 0.843. The van der Waals surface area contributed by atoms with Gasteiger partial charge < -0.3 is 37.9 Å². The van der Waals surface area contributed by atoms with Gasteiger partial charge >= 0.3 is 0 Å². The van der Waals surface area contributed by atoms with E-state index in [4.69, 9.17) is 37.9 Å². The van der Waals surface area contributed by atoms with Crippen molar-refractivity contribution >= 4 is 0 Å². The van der Waals surface area contributed by atoms with E-state index >= 15 is 0 Å². The van der Waals surface area contributed by atoms with Crippen molar-refractivity contribution in [2.75, 3.05) is 106 Å². The molecule has 0 radical (unpaired) electrons. The average Bonchev–Trinajstić information content (AvgIpc) is 2.80. The van der Waals surface area contributed by atoms with Gasteiger partial charge in [0.2, 0.25) is 0 Å². The molecule has 0 atom stereocenters. The van der Waals surface area contributed by atoms with Crippen LogP contribution in [0.2, 0.25) is 0 Å². The fourth-order valence-electron chi connectivity index (χ4n) is 2.21. The van der Waals surface area contributed by atoms with Crippen molar-refractivity contribution in [3.63, 3.8) is 0 Å². The molecule has 9 heteroatoms. The van der Waals surface area contributed by atoms with E-state index in [-0.39, 0.29) is 6.61 Å². The molecule has 0 aliphatic heterocycles. The van der Waals surface area contributed by atoms with Crippen molar-refractivity contribution < 1.29 is 42.3 Å². The molecule has 1 aromatic rings. The van der Waals surface area contributed by atoms with Gasteiger partial charge in [-0.25, -0.2) is 4.39 Å². The molecule has 0 fully saturated rings. The Bertz CT molecular complexity index is 466. The molecule has 0 aliphatic carbocycles. The Morgan fingerprint density at radius 3 is 1.10 bits per heavy atom. The van der Waals surface area contributed by atoms with Crippen molar-refractivity contribution in [2.24, 2.45) is 0 Å². The Morgan fingerprint density at radius 2 is 0.742 bits per heavy atom. The van der Waals surface area contributed by atoms with Crippen molar-refractivity contribution in [2.45, 2.75) is 0 Å². The molecule has 0 aromatic heterocycles. The number of rotatable bonds is 24. The smallest absolute Gasteiger partial charge is 0.119 e. The zero-order valence-corrected chi connectivity index (χ0v) is 18.3. The van der Waals surface area contributed by atoms with Crippen LogP contribution in [0.25, 0.3) is 0 Å². The highest BCUT2D eigenvalue weighted by Gasteiger charge is 1.95. The first kappa shape index (κ1) is 27.7. The molecule has 1 aromatic carbocycles. The second-order valence-electron chi connectivity index (χ2n) is 6.14. The summed E-state index contributed by atoms with van der Waals surface area (Å²) in [6.07, 6.45) is 0. The Hall–Kier alpha value is -1.33. The van der Waals surface area contributed by atoms with Crippen LogP contribution in [0.3, 0.4) is 0 Å². The van der Waals surface area contributed by atoms with E-state index in [0.29, 0.717) is 92.5 Å². The lowest BCUT2D eigenvalue weighted by atomic mass is 10.3. The molecular weight excluding hydrogens is 411 g/mol.